The summed E-state index contributed by atoms with van der Waals surface area (Å²) in [6.45, 7) is 4.36. The van der Waals surface area contributed by atoms with Crippen molar-refractivity contribution < 1.29 is 13.5 Å². The topological polar surface area (TPSA) is 9.23 Å². The minimum Gasteiger partial charge on any atom is -0.316 e. The zero-order chi connectivity index (χ0) is 21.1. The molecule has 30 heavy (non-hydrogen) atoms. The first-order valence-corrected chi connectivity index (χ1v) is 13.2. The molecule has 0 unspecified atom stereocenters. The molecule has 2 atom stereocenters. The smallest absolute Gasteiger partial charge is 0.316 e. The maximum Gasteiger partial charge on any atom is 0.361 e. The van der Waals surface area contributed by atoms with E-state index >= 15 is 0 Å². The lowest BCUT2D eigenvalue weighted by Crippen LogP contribution is -2.61. The number of rotatable bonds is 6. The molecule has 0 spiro atoms. The fraction of sp³-hybridized carbons (Fsp3) is 0.926. The average molecular weight is 423 g/mol. The average Bonchev–Trinajstić information content (AvgIpc) is 2.75. The third kappa shape index (κ3) is 4.97. The van der Waals surface area contributed by atoms with Crippen molar-refractivity contribution in [2.45, 2.75) is 116 Å². The Hall–Kier alpha value is -0.440. The predicted octanol–water partition coefficient (Wildman–Crippen LogP) is 8.39. The van der Waals surface area contributed by atoms with Gasteiger partial charge in [-0.1, -0.05) is 44.8 Å². The second kappa shape index (κ2) is 10.0. The van der Waals surface area contributed by atoms with E-state index in [1.54, 1.807) is 0 Å². The summed E-state index contributed by atoms with van der Waals surface area (Å²) < 4.78 is 34.2. The lowest BCUT2D eigenvalue weighted by atomic mass is 9.64. The molecule has 1 nitrogen and oxygen atoms in total. The van der Waals surface area contributed by atoms with Crippen molar-refractivity contribution >= 4 is 0 Å². The molecule has 0 aromatic heterocycles. The summed E-state index contributed by atoms with van der Waals surface area (Å²) in [6, 6.07) is 0. The third-order valence-electron chi connectivity index (χ3n) is 9.36. The Labute approximate surface area is 183 Å². The molecule has 3 aliphatic carbocycles. The van der Waals surface area contributed by atoms with Gasteiger partial charge < -0.3 is 4.74 Å². The van der Waals surface area contributed by atoms with Crippen LogP contribution in [0.15, 0.2) is 12.2 Å². The van der Waals surface area contributed by atoms with E-state index in [2.05, 4.69) is 26.0 Å². The number of hydrogen-bond acceptors (Lipinski definition) is 1. The summed E-state index contributed by atoms with van der Waals surface area (Å²) in [6.07, 6.45) is 18.5. The molecule has 3 saturated carbocycles. The van der Waals surface area contributed by atoms with Gasteiger partial charge in [0.1, 0.15) is 0 Å². The van der Waals surface area contributed by atoms with Crippen LogP contribution in [-0.4, -0.2) is 12.2 Å². The highest BCUT2D eigenvalue weighted by Gasteiger charge is 2.62. The van der Waals surface area contributed by atoms with E-state index in [1.807, 2.05) is 0 Å². The Bertz CT molecular complexity index is 549. The van der Waals surface area contributed by atoms with E-state index in [0.29, 0.717) is 11.8 Å². The summed E-state index contributed by atoms with van der Waals surface area (Å²) in [5.74, 6) is 3.33. The molecule has 0 aromatic rings. The third-order valence-corrected chi connectivity index (χ3v) is 9.36. The first kappa shape index (κ1) is 22.7. The zero-order valence-corrected chi connectivity index (χ0v) is 19.3. The number of ether oxygens (including phenoxy) is 1. The molecule has 3 heteroatoms. The molecular formula is C27H44F2O. The van der Waals surface area contributed by atoms with Gasteiger partial charge in [0.25, 0.3) is 0 Å². The Morgan fingerprint density at radius 1 is 0.767 bits per heavy atom. The molecule has 4 fully saturated rings. The number of halogens is 2. The fourth-order valence-corrected chi connectivity index (χ4v) is 7.65. The van der Waals surface area contributed by atoms with E-state index in [9.17, 15) is 8.78 Å². The summed E-state index contributed by atoms with van der Waals surface area (Å²) in [4.78, 5) is 0. The number of hydrogen-bond donors (Lipinski definition) is 0. The second-order valence-corrected chi connectivity index (χ2v) is 11.1. The van der Waals surface area contributed by atoms with Crippen molar-refractivity contribution in [1.82, 2.24) is 0 Å². The van der Waals surface area contributed by atoms with Gasteiger partial charge in [0.15, 0.2) is 0 Å². The molecule has 0 N–H and O–H groups in total. The standard InChI is InChI=1S/C27H44F2O/c1-3-5-19-7-11-21(12-8-19)22-15-17-24(18-16-22)26-25(27(28,29)30-26)23-13-9-20(6-4-2)10-14-23/h4,6,19-26H,3,5,7-18H2,1-2H3/b6-4+/t19?,20-,21?,22-,23-,24-,25-,26-/m0/s1. The minimum atomic E-state index is -2.88. The van der Waals surface area contributed by atoms with Gasteiger partial charge in [0.05, 0.1) is 12.0 Å². The Morgan fingerprint density at radius 3 is 1.83 bits per heavy atom. The molecule has 0 radical (unpaired) electrons. The molecule has 1 saturated heterocycles. The first-order chi connectivity index (χ1) is 14.5. The van der Waals surface area contributed by atoms with E-state index in [4.69, 9.17) is 4.74 Å². The van der Waals surface area contributed by atoms with Gasteiger partial charge >= 0.3 is 6.11 Å². The van der Waals surface area contributed by atoms with Crippen LogP contribution in [0.2, 0.25) is 0 Å². The van der Waals surface area contributed by atoms with Crippen LogP contribution >= 0.6 is 0 Å². The van der Waals surface area contributed by atoms with E-state index in [0.717, 1.165) is 56.3 Å². The van der Waals surface area contributed by atoms with Crippen molar-refractivity contribution in [3.8, 4) is 0 Å². The largest absolute Gasteiger partial charge is 0.361 e. The summed E-state index contributed by atoms with van der Waals surface area (Å²) in [7, 11) is 0. The van der Waals surface area contributed by atoms with Crippen LogP contribution in [0.25, 0.3) is 0 Å². The Morgan fingerprint density at radius 2 is 1.30 bits per heavy atom. The van der Waals surface area contributed by atoms with Crippen LogP contribution in [0.1, 0.15) is 104 Å². The molecular weight excluding hydrogens is 378 g/mol. The molecule has 172 valence electrons. The molecule has 0 bridgehead atoms. The predicted molar refractivity (Wildman–Crippen MR) is 119 cm³/mol. The van der Waals surface area contributed by atoms with Gasteiger partial charge in [-0.15, -0.1) is 0 Å². The Kier molecular flexibility index (Phi) is 7.59. The van der Waals surface area contributed by atoms with Gasteiger partial charge in [-0.25, -0.2) is 0 Å². The van der Waals surface area contributed by atoms with Crippen LogP contribution in [0.3, 0.4) is 0 Å². The second-order valence-electron chi connectivity index (χ2n) is 11.1. The molecule has 1 heterocycles. The van der Waals surface area contributed by atoms with Crippen molar-refractivity contribution in [2.75, 3.05) is 0 Å². The highest BCUT2D eigenvalue weighted by Crippen LogP contribution is 2.55. The monoisotopic (exact) mass is 422 g/mol. The molecule has 4 aliphatic rings. The van der Waals surface area contributed by atoms with E-state index in [1.165, 1.54) is 51.4 Å². The maximum absolute atomic E-state index is 14.5. The van der Waals surface area contributed by atoms with Gasteiger partial charge in [-0.3, -0.25) is 0 Å². The quantitative estimate of drug-likeness (QED) is 0.390. The Balaban J connectivity index is 1.26. The van der Waals surface area contributed by atoms with Crippen LogP contribution in [0.4, 0.5) is 8.78 Å². The van der Waals surface area contributed by atoms with Gasteiger partial charge in [0.2, 0.25) is 0 Å². The normalized spacial score (nSPS) is 44.7. The number of allylic oxidation sites excluding steroid dienone is 2. The van der Waals surface area contributed by atoms with Crippen LogP contribution < -0.4 is 0 Å². The molecule has 0 aromatic carbocycles. The highest BCUT2D eigenvalue weighted by molar-refractivity contribution is 5.00. The number of alkyl halides is 2. The van der Waals surface area contributed by atoms with Gasteiger partial charge in [-0.05, 0) is 107 Å². The van der Waals surface area contributed by atoms with E-state index in [-0.39, 0.29) is 12.0 Å². The van der Waals surface area contributed by atoms with Crippen LogP contribution in [0.5, 0.6) is 0 Å². The fourth-order valence-electron chi connectivity index (χ4n) is 7.65. The van der Waals surface area contributed by atoms with Gasteiger partial charge in [-0.2, -0.15) is 8.78 Å². The zero-order valence-electron chi connectivity index (χ0n) is 19.3. The highest BCUT2D eigenvalue weighted by atomic mass is 19.3. The summed E-state index contributed by atoms with van der Waals surface area (Å²) in [5, 5.41) is 0. The summed E-state index contributed by atoms with van der Waals surface area (Å²) in [5.41, 5.74) is 0. The summed E-state index contributed by atoms with van der Waals surface area (Å²) >= 11 is 0. The molecule has 4 rings (SSSR count). The lowest BCUT2D eigenvalue weighted by Gasteiger charge is -2.53. The maximum atomic E-state index is 14.5. The minimum absolute atomic E-state index is 0.159. The van der Waals surface area contributed by atoms with E-state index < -0.39 is 12.0 Å². The molecule has 1 aliphatic heterocycles. The SMILES string of the molecule is C/C=C/[C@H]1CC[C@H]([C@H]2[C@H]([C@H]3CC[C@H](C4CCC(CCC)CC4)CC3)OC2(F)F)CC1. The van der Waals surface area contributed by atoms with Crippen molar-refractivity contribution in [3.63, 3.8) is 0 Å². The van der Waals surface area contributed by atoms with Crippen molar-refractivity contribution in [2.24, 2.45) is 41.4 Å². The van der Waals surface area contributed by atoms with Crippen molar-refractivity contribution in [3.05, 3.63) is 12.2 Å². The van der Waals surface area contributed by atoms with Gasteiger partial charge in [0, 0.05) is 0 Å². The van der Waals surface area contributed by atoms with Crippen LogP contribution in [0, 0.1) is 41.4 Å². The first-order valence-electron chi connectivity index (χ1n) is 13.2. The van der Waals surface area contributed by atoms with Crippen molar-refractivity contribution in [1.29, 1.82) is 0 Å². The van der Waals surface area contributed by atoms with Crippen LogP contribution in [-0.2, 0) is 4.74 Å². The lowest BCUT2D eigenvalue weighted by molar-refractivity contribution is -0.418. The molecule has 0 amide bonds.